The van der Waals surface area contributed by atoms with E-state index >= 15 is 0 Å². The number of aromatic amines is 1. The van der Waals surface area contributed by atoms with Gasteiger partial charge in [-0.25, -0.2) is 0 Å². The Kier molecular flexibility index (Phi) is 5.95. The minimum Gasteiger partial charge on any atom is -0.506 e. The molecule has 1 heterocycles. The highest BCUT2D eigenvalue weighted by molar-refractivity contribution is 9.10. The number of non-ortho nitro benzene ring substituents is 1. The van der Waals surface area contributed by atoms with Gasteiger partial charge in [0.1, 0.15) is 17.4 Å². The first-order chi connectivity index (χ1) is 13.9. The molecule has 9 heteroatoms. The molecule has 1 aromatic heterocycles. The molecule has 146 valence electrons. The van der Waals surface area contributed by atoms with Crippen molar-refractivity contribution in [2.75, 3.05) is 6.54 Å². The van der Waals surface area contributed by atoms with Gasteiger partial charge in [0.25, 0.3) is 11.6 Å². The summed E-state index contributed by atoms with van der Waals surface area (Å²) in [6.45, 7) is 0.296. The number of H-pyrrole nitrogens is 1. The Morgan fingerprint density at radius 3 is 2.86 bits per heavy atom. The molecule has 8 nitrogen and oxygen atoms in total. The fourth-order valence-corrected chi connectivity index (χ4v) is 3.33. The molecular formula is C20H15BrN4O4. The topological polar surface area (TPSA) is 132 Å². The van der Waals surface area contributed by atoms with Gasteiger partial charge in [-0.2, -0.15) is 5.26 Å². The van der Waals surface area contributed by atoms with E-state index in [0.29, 0.717) is 13.0 Å². The molecule has 29 heavy (non-hydrogen) atoms. The number of para-hydroxylation sites is 1. The van der Waals surface area contributed by atoms with Crippen LogP contribution in [0.25, 0.3) is 17.0 Å². The van der Waals surface area contributed by atoms with Gasteiger partial charge in [-0.05, 0) is 40.1 Å². The lowest BCUT2D eigenvalue weighted by Gasteiger charge is -2.06. The number of phenols is 1. The van der Waals surface area contributed by atoms with Crippen LogP contribution in [0.15, 0.2) is 52.6 Å². The Labute approximate surface area is 173 Å². The van der Waals surface area contributed by atoms with Crippen LogP contribution in [0, 0.1) is 21.4 Å². The first kappa shape index (κ1) is 20.1. The molecular weight excluding hydrogens is 440 g/mol. The number of aromatic nitrogens is 1. The molecule has 0 bridgehead atoms. The summed E-state index contributed by atoms with van der Waals surface area (Å²) in [5.41, 5.74) is 1.47. The Morgan fingerprint density at radius 2 is 2.14 bits per heavy atom. The lowest BCUT2D eigenvalue weighted by atomic mass is 10.1. The number of benzene rings is 2. The molecule has 3 rings (SSSR count). The molecule has 0 saturated carbocycles. The van der Waals surface area contributed by atoms with E-state index in [-0.39, 0.29) is 27.0 Å². The fourth-order valence-electron chi connectivity index (χ4n) is 2.87. The van der Waals surface area contributed by atoms with Crippen molar-refractivity contribution in [3.63, 3.8) is 0 Å². The van der Waals surface area contributed by atoms with E-state index in [4.69, 9.17) is 0 Å². The van der Waals surface area contributed by atoms with Crippen LogP contribution in [0.5, 0.6) is 5.75 Å². The standard InChI is InChI=1S/C20H15BrN4O4/c21-17-9-15(25(28)29)8-13(19(17)26)7-14(10-22)20(27)23-6-5-12-11-24-18-4-2-1-3-16(12)18/h1-4,7-9,11,24,26H,5-6H2,(H,23,27)/b14-7-. The van der Waals surface area contributed by atoms with Gasteiger partial charge >= 0.3 is 0 Å². The van der Waals surface area contributed by atoms with Crippen LogP contribution >= 0.6 is 15.9 Å². The minimum absolute atomic E-state index is 0.00518. The van der Waals surface area contributed by atoms with Crippen molar-refractivity contribution >= 4 is 44.5 Å². The quantitative estimate of drug-likeness (QED) is 0.225. The normalized spacial score (nSPS) is 11.2. The highest BCUT2D eigenvalue weighted by Crippen LogP contribution is 2.33. The molecule has 3 N–H and O–H groups in total. The van der Waals surface area contributed by atoms with Crippen molar-refractivity contribution in [3.05, 3.63) is 73.9 Å². The Hall–Kier alpha value is -3.64. The van der Waals surface area contributed by atoms with E-state index in [1.807, 2.05) is 30.5 Å². The Balaban J connectivity index is 1.74. The number of carbonyl (C=O) groups is 1. The van der Waals surface area contributed by atoms with E-state index in [0.717, 1.165) is 34.7 Å². The third-order valence-electron chi connectivity index (χ3n) is 4.31. The lowest BCUT2D eigenvalue weighted by molar-refractivity contribution is -0.385. The van der Waals surface area contributed by atoms with Gasteiger partial charge < -0.3 is 15.4 Å². The second-order valence-electron chi connectivity index (χ2n) is 6.16. The van der Waals surface area contributed by atoms with E-state index in [1.54, 1.807) is 6.07 Å². The number of fused-ring (bicyclic) bond motifs is 1. The number of nitro groups is 1. The van der Waals surface area contributed by atoms with Gasteiger partial charge in [-0.3, -0.25) is 14.9 Å². The second-order valence-corrected chi connectivity index (χ2v) is 7.01. The van der Waals surface area contributed by atoms with Crippen molar-refractivity contribution in [1.82, 2.24) is 10.3 Å². The van der Waals surface area contributed by atoms with Crippen LogP contribution in [0.1, 0.15) is 11.1 Å². The highest BCUT2D eigenvalue weighted by Gasteiger charge is 2.16. The summed E-state index contributed by atoms with van der Waals surface area (Å²) in [4.78, 5) is 25.9. The number of amides is 1. The zero-order chi connectivity index (χ0) is 21.0. The van der Waals surface area contributed by atoms with Gasteiger partial charge in [-0.1, -0.05) is 18.2 Å². The van der Waals surface area contributed by atoms with Crippen LogP contribution in [-0.4, -0.2) is 27.5 Å². The number of hydrogen-bond acceptors (Lipinski definition) is 5. The number of nitro benzene ring substituents is 1. The fraction of sp³-hybridized carbons (Fsp3) is 0.100. The third-order valence-corrected chi connectivity index (χ3v) is 4.91. The van der Waals surface area contributed by atoms with Crippen LogP contribution in [-0.2, 0) is 11.2 Å². The molecule has 0 radical (unpaired) electrons. The largest absolute Gasteiger partial charge is 0.506 e. The van der Waals surface area contributed by atoms with Crippen LogP contribution in [0.4, 0.5) is 5.69 Å². The Bertz CT molecular complexity index is 1180. The molecule has 1 amide bonds. The first-order valence-corrected chi connectivity index (χ1v) is 9.32. The predicted molar refractivity (Wildman–Crippen MR) is 111 cm³/mol. The number of halogens is 1. The van der Waals surface area contributed by atoms with E-state index < -0.39 is 10.8 Å². The van der Waals surface area contributed by atoms with Crippen molar-refractivity contribution in [1.29, 1.82) is 5.26 Å². The minimum atomic E-state index is -0.630. The molecule has 0 saturated heterocycles. The van der Waals surface area contributed by atoms with Gasteiger partial charge in [0.05, 0.1) is 9.40 Å². The van der Waals surface area contributed by atoms with Crippen molar-refractivity contribution < 1.29 is 14.8 Å². The molecule has 0 atom stereocenters. The van der Waals surface area contributed by atoms with Crippen LogP contribution in [0.2, 0.25) is 0 Å². The highest BCUT2D eigenvalue weighted by atomic mass is 79.9. The second kappa shape index (κ2) is 8.58. The number of nitrogens with zero attached hydrogens (tertiary/aromatic N) is 2. The SMILES string of the molecule is N#C/C(=C/c1cc([N+](=O)[O-])cc(Br)c1O)C(=O)NCCc1c[nH]c2ccccc12. The molecule has 0 aliphatic rings. The Morgan fingerprint density at radius 1 is 1.38 bits per heavy atom. The number of phenolic OH excluding ortho intramolecular Hbond substituents is 1. The van der Waals surface area contributed by atoms with Crippen LogP contribution < -0.4 is 5.32 Å². The number of rotatable bonds is 6. The van der Waals surface area contributed by atoms with Crippen molar-refractivity contribution in [2.45, 2.75) is 6.42 Å². The summed E-state index contributed by atoms with van der Waals surface area (Å²) < 4.78 is 0.0926. The molecule has 0 spiro atoms. The number of hydrogen-bond donors (Lipinski definition) is 3. The number of nitrogens with one attached hydrogen (secondary N) is 2. The van der Waals surface area contributed by atoms with Gasteiger partial charge in [0.2, 0.25) is 0 Å². The third kappa shape index (κ3) is 4.44. The molecule has 0 aliphatic carbocycles. The van der Waals surface area contributed by atoms with Gasteiger partial charge in [0.15, 0.2) is 0 Å². The van der Waals surface area contributed by atoms with E-state index in [2.05, 4.69) is 26.2 Å². The maximum Gasteiger partial charge on any atom is 0.271 e. The summed E-state index contributed by atoms with van der Waals surface area (Å²) in [5, 5.41) is 34.1. The van der Waals surface area contributed by atoms with E-state index in [9.17, 15) is 25.3 Å². The summed E-state index contributed by atoms with van der Waals surface area (Å²) in [6, 6.07) is 11.8. The average Bonchev–Trinajstić information content (AvgIpc) is 3.12. The lowest BCUT2D eigenvalue weighted by Crippen LogP contribution is -2.26. The summed E-state index contributed by atoms with van der Waals surface area (Å²) >= 11 is 3.03. The molecule has 0 aliphatic heterocycles. The maximum atomic E-state index is 12.3. The first-order valence-electron chi connectivity index (χ1n) is 8.52. The molecule has 0 unspecified atom stereocenters. The zero-order valence-electron chi connectivity index (χ0n) is 15.0. The van der Waals surface area contributed by atoms with Crippen LogP contribution in [0.3, 0.4) is 0 Å². The molecule has 0 fully saturated rings. The van der Waals surface area contributed by atoms with Gasteiger partial charge in [-0.15, -0.1) is 0 Å². The molecule has 2 aromatic carbocycles. The van der Waals surface area contributed by atoms with Gasteiger partial charge in [0, 0.05) is 41.3 Å². The summed E-state index contributed by atoms with van der Waals surface area (Å²) in [5.74, 6) is -0.927. The zero-order valence-corrected chi connectivity index (χ0v) is 16.6. The average molecular weight is 455 g/mol. The summed E-state index contributed by atoms with van der Waals surface area (Å²) in [6.07, 6.45) is 3.55. The maximum absolute atomic E-state index is 12.3. The number of carbonyl (C=O) groups excluding carboxylic acids is 1. The number of nitriles is 1. The molecule has 3 aromatic rings. The monoisotopic (exact) mass is 454 g/mol. The predicted octanol–water partition coefficient (Wildman–Crippen LogP) is 3.81. The summed E-state index contributed by atoms with van der Waals surface area (Å²) in [7, 11) is 0. The van der Waals surface area contributed by atoms with E-state index in [1.165, 1.54) is 0 Å². The van der Waals surface area contributed by atoms with Crippen molar-refractivity contribution in [3.8, 4) is 11.8 Å². The van der Waals surface area contributed by atoms with Crippen molar-refractivity contribution in [2.24, 2.45) is 0 Å². The smallest absolute Gasteiger partial charge is 0.271 e. The number of aromatic hydroxyl groups is 1.